The molecule has 0 spiro atoms. The van der Waals surface area contributed by atoms with Crippen LogP contribution in [0.25, 0.3) is 0 Å². The molecule has 0 saturated heterocycles. The SMILES string of the molecule is CN1C(=O)CC(C)(c2cc(CC(=O)c3ccc(OCCF)cn3)ccn2)N=C1N. The van der Waals surface area contributed by atoms with Crippen LogP contribution >= 0.6 is 0 Å². The number of guanidine groups is 1. The maximum absolute atomic E-state index is 12.6. The largest absolute Gasteiger partial charge is 0.489 e. The van der Waals surface area contributed by atoms with Crippen LogP contribution in [-0.2, 0) is 16.8 Å². The number of nitrogens with zero attached hydrogens (tertiary/aromatic N) is 4. The number of alkyl halides is 1. The quantitative estimate of drug-likeness (QED) is 0.709. The molecule has 0 aromatic carbocycles. The first-order chi connectivity index (χ1) is 13.8. The molecule has 2 aromatic rings. The van der Waals surface area contributed by atoms with Gasteiger partial charge in [-0.2, -0.15) is 0 Å². The van der Waals surface area contributed by atoms with Crippen LogP contribution in [0.5, 0.6) is 5.75 Å². The van der Waals surface area contributed by atoms with Crippen molar-refractivity contribution in [2.45, 2.75) is 25.3 Å². The molecule has 152 valence electrons. The van der Waals surface area contributed by atoms with Gasteiger partial charge in [0, 0.05) is 19.7 Å². The first-order valence-corrected chi connectivity index (χ1v) is 9.08. The number of aliphatic imine (C=N–C) groups is 1. The Morgan fingerprint density at radius 2 is 2.14 bits per heavy atom. The summed E-state index contributed by atoms with van der Waals surface area (Å²) in [4.78, 5) is 38.9. The van der Waals surface area contributed by atoms with E-state index in [1.165, 1.54) is 11.1 Å². The van der Waals surface area contributed by atoms with Gasteiger partial charge in [0.1, 0.15) is 30.3 Å². The number of ketones is 1. The number of nitrogens with two attached hydrogens (primary N) is 1. The van der Waals surface area contributed by atoms with Crippen molar-refractivity contribution >= 4 is 17.6 Å². The van der Waals surface area contributed by atoms with Gasteiger partial charge in [-0.05, 0) is 36.8 Å². The lowest BCUT2D eigenvalue weighted by Crippen LogP contribution is -2.47. The zero-order valence-corrected chi connectivity index (χ0v) is 16.3. The monoisotopic (exact) mass is 399 g/mol. The van der Waals surface area contributed by atoms with Gasteiger partial charge >= 0.3 is 0 Å². The van der Waals surface area contributed by atoms with E-state index < -0.39 is 12.2 Å². The number of halogens is 1. The summed E-state index contributed by atoms with van der Waals surface area (Å²) in [6.45, 7) is 1.14. The maximum atomic E-state index is 12.6. The number of ether oxygens (including phenoxy) is 1. The van der Waals surface area contributed by atoms with Gasteiger partial charge in [0.05, 0.1) is 18.3 Å². The molecule has 0 fully saturated rings. The van der Waals surface area contributed by atoms with Gasteiger partial charge in [-0.15, -0.1) is 0 Å². The molecule has 1 aliphatic rings. The molecule has 1 unspecified atom stereocenters. The molecule has 3 heterocycles. The summed E-state index contributed by atoms with van der Waals surface area (Å²) in [6.07, 6.45) is 3.22. The fourth-order valence-corrected chi connectivity index (χ4v) is 3.00. The minimum atomic E-state index is -0.889. The molecule has 0 bridgehead atoms. The van der Waals surface area contributed by atoms with Gasteiger partial charge in [-0.25, -0.2) is 14.4 Å². The zero-order chi connectivity index (χ0) is 21.0. The van der Waals surface area contributed by atoms with Crippen molar-refractivity contribution in [2.24, 2.45) is 10.7 Å². The summed E-state index contributed by atoms with van der Waals surface area (Å²) in [6, 6.07) is 6.61. The Morgan fingerprint density at radius 1 is 1.34 bits per heavy atom. The summed E-state index contributed by atoms with van der Waals surface area (Å²) >= 11 is 0. The first-order valence-electron chi connectivity index (χ1n) is 9.08. The van der Waals surface area contributed by atoms with E-state index in [0.717, 1.165) is 5.56 Å². The Hall–Kier alpha value is -3.36. The van der Waals surface area contributed by atoms with Crippen LogP contribution in [0.4, 0.5) is 4.39 Å². The third kappa shape index (κ3) is 4.56. The van der Waals surface area contributed by atoms with Crippen molar-refractivity contribution in [2.75, 3.05) is 20.3 Å². The van der Waals surface area contributed by atoms with Crippen molar-refractivity contribution in [3.63, 3.8) is 0 Å². The normalized spacial score (nSPS) is 19.1. The van der Waals surface area contributed by atoms with E-state index in [-0.39, 0.29) is 42.8 Å². The van der Waals surface area contributed by atoms with Crippen molar-refractivity contribution in [1.29, 1.82) is 0 Å². The predicted octanol–water partition coefficient (Wildman–Crippen LogP) is 1.64. The summed E-state index contributed by atoms with van der Waals surface area (Å²) < 4.78 is 17.3. The molecule has 3 rings (SSSR count). The lowest BCUT2D eigenvalue weighted by atomic mass is 9.90. The average molecular weight is 399 g/mol. The molecule has 1 aliphatic heterocycles. The second kappa shape index (κ2) is 8.34. The molecule has 2 aromatic heterocycles. The fraction of sp³-hybridized carbons (Fsp3) is 0.350. The number of carbonyl (C=O) groups excluding carboxylic acids is 2. The summed E-state index contributed by atoms with van der Waals surface area (Å²) in [5.41, 5.74) is 6.53. The van der Waals surface area contributed by atoms with E-state index in [1.54, 1.807) is 44.4 Å². The minimum Gasteiger partial charge on any atom is -0.489 e. The van der Waals surface area contributed by atoms with Crippen molar-refractivity contribution < 1.29 is 18.7 Å². The van der Waals surface area contributed by atoms with Crippen LogP contribution in [0.2, 0.25) is 0 Å². The molecule has 1 amide bonds. The summed E-state index contributed by atoms with van der Waals surface area (Å²) in [5, 5.41) is 0. The summed E-state index contributed by atoms with van der Waals surface area (Å²) in [7, 11) is 1.57. The molecule has 0 aliphatic carbocycles. The molecule has 29 heavy (non-hydrogen) atoms. The molecular weight excluding hydrogens is 377 g/mol. The van der Waals surface area contributed by atoms with Gasteiger partial charge in [0.2, 0.25) is 5.91 Å². The van der Waals surface area contributed by atoms with Crippen LogP contribution in [-0.4, -0.2) is 52.8 Å². The second-order valence-electron chi connectivity index (χ2n) is 6.94. The molecule has 0 saturated carbocycles. The molecule has 9 heteroatoms. The van der Waals surface area contributed by atoms with Gasteiger partial charge in [-0.1, -0.05) is 0 Å². The molecule has 0 radical (unpaired) electrons. The highest BCUT2D eigenvalue weighted by molar-refractivity contribution is 5.98. The highest BCUT2D eigenvalue weighted by atomic mass is 19.1. The van der Waals surface area contributed by atoms with Gasteiger partial charge in [0.25, 0.3) is 0 Å². The maximum Gasteiger partial charge on any atom is 0.231 e. The predicted molar refractivity (Wildman–Crippen MR) is 104 cm³/mol. The zero-order valence-electron chi connectivity index (χ0n) is 16.3. The lowest BCUT2D eigenvalue weighted by molar-refractivity contribution is -0.128. The number of hydrogen-bond donors (Lipinski definition) is 1. The van der Waals surface area contributed by atoms with Crippen molar-refractivity contribution in [1.82, 2.24) is 14.9 Å². The fourth-order valence-electron chi connectivity index (χ4n) is 3.00. The van der Waals surface area contributed by atoms with Gasteiger partial charge in [-0.3, -0.25) is 19.5 Å². The molecular formula is C20H22FN5O3. The molecule has 8 nitrogen and oxygen atoms in total. The number of Topliss-reactive ketones (excluding diaryl/α,β-unsaturated/α-hetero) is 1. The van der Waals surface area contributed by atoms with E-state index in [2.05, 4.69) is 15.0 Å². The van der Waals surface area contributed by atoms with Crippen LogP contribution in [0.3, 0.4) is 0 Å². The van der Waals surface area contributed by atoms with E-state index in [4.69, 9.17) is 10.5 Å². The highest BCUT2D eigenvalue weighted by Crippen LogP contribution is 2.32. The van der Waals surface area contributed by atoms with Gasteiger partial charge < -0.3 is 10.5 Å². The van der Waals surface area contributed by atoms with Crippen LogP contribution in [0.1, 0.15) is 35.1 Å². The average Bonchev–Trinajstić information content (AvgIpc) is 2.71. The topological polar surface area (TPSA) is 111 Å². The van der Waals surface area contributed by atoms with Crippen LogP contribution in [0, 0.1) is 0 Å². The Morgan fingerprint density at radius 3 is 2.79 bits per heavy atom. The van der Waals surface area contributed by atoms with Gasteiger partial charge in [0.15, 0.2) is 11.7 Å². The second-order valence-corrected chi connectivity index (χ2v) is 6.94. The Labute approximate surface area is 167 Å². The number of aromatic nitrogens is 2. The number of pyridine rings is 2. The summed E-state index contributed by atoms with van der Waals surface area (Å²) in [5.74, 6) is 0.196. The van der Waals surface area contributed by atoms with Crippen LogP contribution < -0.4 is 10.5 Å². The Balaban J connectivity index is 1.76. The van der Waals surface area contributed by atoms with E-state index in [9.17, 15) is 14.0 Å². The van der Waals surface area contributed by atoms with E-state index in [0.29, 0.717) is 11.4 Å². The molecule has 2 N–H and O–H groups in total. The van der Waals surface area contributed by atoms with Crippen molar-refractivity contribution in [3.8, 4) is 5.75 Å². The standard InChI is InChI=1S/C20H22FN5O3/c1-20(11-18(28)26(2)19(22)25-20)17-10-13(5-7-23-17)9-16(27)15-4-3-14(12-24-15)29-8-6-21/h3-5,7,10,12H,6,8-9,11H2,1-2H3,(H2,22,25). The van der Waals surface area contributed by atoms with E-state index in [1.807, 2.05) is 0 Å². The number of rotatable bonds is 7. The highest BCUT2D eigenvalue weighted by Gasteiger charge is 2.37. The first kappa shape index (κ1) is 20.4. The molecule has 1 atom stereocenters. The third-order valence-corrected chi connectivity index (χ3v) is 4.68. The van der Waals surface area contributed by atoms with E-state index >= 15 is 0 Å². The third-order valence-electron chi connectivity index (χ3n) is 4.68. The number of amides is 1. The smallest absolute Gasteiger partial charge is 0.231 e. The number of hydrogen-bond acceptors (Lipinski definition) is 7. The van der Waals surface area contributed by atoms with Crippen LogP contribution in [0.15, 0.2) is 41.7 Å². The minimum absolute atomic E-state index is 0.0567. The Bertz CT molecular complexity index is 947. The Kier molecular flexibility index (Phi) is 5.86. The van der Waals surface area contributed by atoms with Crippen molar-refractivity contribution in [3.05, 3.63) is 53.6 Å². The lowest BCUT2D eigenvalue weighted by Gasteiger charge is -2.32. The number of carbonyl (C=O) groups is 2.